The van der Waals surface area contributed by atoms with E-state index >= 15 is 0 Å². The third-order valence-corrected chi connectivity index (χ3v) is 7.63. The summed E-state index contributed by atoms with van der Waals surface area (Å²) in [7, 11) is 0. The maximum absolute atomic E-state index is 13.8. The minimum atomic E-state index is -1.08. The van der Waals surface area contributed by atoms with Gasteiger partial charge >= 0.3 is 0 Å². The first-order valence-electron chi connectivity index (χ1n) is 17.5. The van der Waals surface area contributed by atoms with Crippen LogP contribution in [0, 0.1) is 5.92 Å². The zero-order valence-corrected chi connectivity index (χ0v) is 30.8. The number of carbonyl (C=O) groups excluding carboxylic acids is 6. The van der Waals surface area contributed by atoms with Crippen molar-refractivity contribution in [3.63, 3.8) is 0 Å². The van der Waals surface area contributed by atoms with Crippen LogP contribution in [0.4, 0.5) is 0 Å². The number of ether oxygens (including phenoxy) is 1. The monoisotopic (exact) mass is 728 g/mol. The fraction of sp³-hybridized carbons (Fsp3) is 0.514. The van der Waals surface area contributed by atoms with Gasteiger partial charge in [-0.1, -0.05) is 74.5 Å². The highest BCUT2D eigenvalue weighted by molar-refractivity contribution is 5.94. The molecule has 0 bridgehead atoms. The number of carboxylic acid groups (broad SMARTS) is 2. The van der Waals surface area contributed by atoms with Crippen molar-refractivity contribution < 1.29 is 55.2 Å². The molecule has 9 N–H and O–H groups in total. The fourth-order valence-electron chi connectivity index (χ4n) is 5.20. The third kappa shape index (κ3) is 19.5. The zero-order chi connectivity index (χ0) is 39.1. The minimum Gasteiger partial charge on any atom is -0.550 e. The van der Waals surface area contributed by atoms with Crippen LogP contribution in [0.2, 0.25) is 0 Å². The largest absolute Gasteiger partial charge is 0.550 e. The summed E-state index contributed by atoms with van der Waals surface area (Å²) in [5.41, 5.74) is 9.76. The Morgan fingerprint density at radius 3 is 1.65 bits per heavy atom. The molecule has 1 aliphatic rings. The molecule has 4 atom stereocenters. The number of carbonyl (C=O) groups is 6. The highest BCUT2D eigenvalue weighted by Crippen LogP contribution is 2.11. The molecule has 288 valence electrons. The van der Waals surface area contributed by atoms with Crippen LogP contribution in [0.1, 0.15) is 58.1 Å². The molecule has 15 heteroatoms. The van der Waals surface area contributed by atoms with Crippen molar-refractivity contribution in [3.05, 3.63) is 71.8 Å². The summed E-state index contributed by atoms with van der Waals surface area (Å²) >= 11 is 0. The molecular weight excluding hydrogens is 672 g/mol. The summed E-state index contributed by atoms with van der Waals surface area (Å²) in [4.78, 5) is 73.5. The van der Waals surface area contributed by atoms with Crippen molar-refractivity contribution in [1.29, 1.82) is 0 Å². The molecule has 15 nitrogen and oxygen atoms in total. The number of aliphatic carboxylic acids is 2. The average molecular weight is 729 g/mol. The van der Waals surface area contributed by atoms with Gasteiger partial charge in [0.15, 0.2) is 6.04 Å². The average Bonchev–Trinajstić information content (AvgIpc) is 3.09. The van der Waals surface area contributed by atoms with Crippen molar-refractivity contribution in [2.24, 2.45) is 5.92 Å². The van der Waals surface area contributed by atoms with Crippen LogP contribution in [0.15, 0.2) is 60.7 Å². The first-order valence-corrected chi connectivity index (χ1v) is 17.5. The molecule has 3 rings (SSSR count). The number of rotatable bonds is 16. The molecule has 0 aromatic heterocycles. The quantitative estimate of drug-likeness (QED) is 0.118. The molecule has 0 saturated carbocycles. The Morgan fingerprint density at radius 1 is 0.731 bits per heavy atom. The Labute approximate surface area is 305 Å². The van der Waals surface area contributed by atoms with E-state index in [1.54, 1.807) is 4.90 Å². The Bertz CT molecular complexity index is 1370. The molecule has 0 spiro atoms. The Hall–Kier alpha value is -4.86. The molecule has 1 heterocycles. The number of benzene rings is 2. The highest BCUT2D eigenvalue weighted by Gasteiger charge is 2.33. The van der Waals surface area contributed by atoms with E-state index < -0.39 is 47.9 Å². The van der Waals surface area contributed by atoms with E-state index in [9.17, 15) is 19.2 Å². The summed E-state index contributed by atoms with van der Waals surface area (Å²) in [6, 6.07) is 15.8. The smallest absolute Gasteiger partial charge is 0.279 e. The number of hydrogen-bond donors (Lipinski definition) is 5. The molecular formula is C37H56N6O9. The van der Waals surface area contributed by atoms with Gasteiger partial charge in [0.1, 0.15) is 18.1 Å². The van der Waals surface area contributed by atoms with Gasteiger partial charge in [-0.25, -0.2) is 0 Å². The summed E-state index contributed by atoms with van der Waals surface area (Å²) < 4.78 is 5.38. The number of carboxylic acids is 2. The number of nitrogens with zero attached hydrogens (tertiary/aromatic N) is 1. The molecule has 1 saturated heterocycles. The van der Waals surface area contributed by atoms with E-state index in [0.717, 1.165) is 25.0 Å². The predicted octanol–water partition coefficient (Wildman–Crippen LogP) is -3.02. The highest BCUT2D eigenvalue weighted by atomic mass is 16.5. The van der Waals surface area contributed by atoms with Crippen molar-refractivity contribution in [2.75, 3.05) is 32.8 Å². The summed E-state index contributed by atoms with van der Waals surface area (Å²) in [6.07, 6.45) is 2.16. The van der Waals surface area contributed by atoms with Gasteiger partial charge in [0.2, 0.25) is 17.7 Å². The fourth-order valence-corrected chi connectivity index (χ4v) is 5.20. The summed E-state index contributed by atoms with van der Waals surface area (Å²) in [5.74, 6) is -3.48. The van der Waals surface area contributed by atoms with Gasteiger partial charge in [0.05, 0.1) is 19.8 Å². The molecule has 0 unspecified atom stereocenters. The predicted molar refractivity (Wildman–Crippen MR) is 188 cm³/mol. The van der Waals surface area contributed by atoms with E-state index in [1.165, 1.54) is 0 Å². The number of amides is 4. The van der Waals surface area contributed by atoms with Crippen molar-refractivity contribution in [2.45, 2.75) is 84.0 Å². The first kappa shape index (κ1) is 45.2. The molecule has 0 radical (unpaired) electrons. The minimum absolute atomic E-state index is 0.0801. The standard InChI is InChI=1S/C33H48N6O5.2C2H4O2/c1-23(2)20-28(31(41)36-27(14-9-15-34)33(43)39-16-18-44-19-17-39)38-32(42)29(22-25-12-7-4-8-13-25)37-30(40)26(35)21-24-10-5-3-6-11-24;2*1-2(3)4/h3-8,10-13,23,26-29H,9,14-22,34-35H2,1-2H3,(H,36,41)(H,37,40)(H,38,42);2*1H3,(H,3,4)/t26-,27-,28-,29-;;/m1../s1. The summed E-state index contributed by atoms with van der Waals surface area (Å²) in [6.45, 7) is 8.37. The molecule has 1 aliphatic heterocycles. The van der Waals surface area contributed by atoms with E-state index in [0.29, 0.717) is 58.5 Å². The van der Waals surface area contributed by atoms with Gasteiger partial charge in [0.25, 0.3) is 5.91 Å². The van der Waals surface area contributed by atoms with Gasteiger partial charge in [-0.05, 0) is 50.2 Å². The van der Waals surface area contributed by atoms with E-state index in [1.807, 2.05) is 74.5 Å². The van der Waals surface area contributed by atoms with Crippen LogP contribution >= 0.6 is 0 Å². The number of nitrogens with one attached hydrogen (secondary N) is 3. The van der Waals surface area contributed by atoms with Crippen molar-refractivity contribution >= 4 is 35.6 Å². The zero-order valence-electron chi connectivity index (χ0n) is 30.8. The van der Waals surface area contributed by atoms with Crippen LogP contribution < -0.4 is 37.6 Å². The van der Waals surface area contributed by atoms with Gasteiger partial charge in [-0.3, -0.25) is 19.2 Å². The van der Waals surface area contributed by atoms with E-state index in [4.69, 9.17) is 24.5 Å². The number of quaternary nitrogens is 2. The Kier molecular flexibility index (Phi) is 21.8. The molecule has 2 aromatic rings. The molecule has 0 aliphatic carbocycles. The first-order chi connectivity index (χ1) is 24.6. The number of morpholine rings is 1. The maximum Gasteiger partial charge on any atom is 0.279 e. The van der Waals surface area contributed by atoms with Gasteiger partial charge in [-0.15, -0.1) is 0 Å². The van der Waals surface area contributed by atoms with Crippen LogP contribution in [-0.2, 0) is 46.3 Å². The molecule has 1 fully saturated rings. The van der Waals surface area contributed by atoms with Crippen LogP contribution in [0.3, 0.4) is 0 Å². The second kappa shape index (κ2) is 25.2. The Morgan fingerprint density at radius 2 is 1.17 bits per heavy atom. The third-order valence-electron chi connectivity index (χ3n) is 7.63. The van der Waals surface area contributed by atoms with E-state index in [2.05, 4.69) is 27.4 Å². The Balaban J connectivity index is 0.00000153. The maximum atomic E-state index is 13.8. The van der Waals surface area contributed by atoms with Crippen molar-refractivity contribution in [3.8, 4) is 0 Å². The van der Waals surface area contributed by atoms with Crippen LogP contribution in [-0.4, -0.2) is 97.5 Å². The second-order valence-electron chi connectivity index (χ2n) is 12.8. The van der Waals surface area contributed by atoms with Gasteiger partial charge < -0.3 is 56.9 Å². The lowest BCUT2D eigenvalue weighted by Gasteiger charge is -2.32. The molecule has 2 aromatic carbocycles. The summed E-state index contributed by atoms with van der Waals surface area (Å²) in [5, 5.41) is 26.5. The number of hydrogen-bond acceptors (Lipinski definition) is 9. The molecule has 52 heavy (non-hydrogen) atoms. The topological polar surface area (TPSA) is 252 Å². The lowest BCUT2D eigenvalue weighted by Crippen LogP contribution is -2.70. The second-order valence-corrected chi connectivity index (χ2v) is 12.8. The van der Waals surface area contributed by atoms with Gasteiger partial charge in [0, 0.05) is 37.9 Å². The van der Waals surface area contributed by atoms with Gasteiger partial charge in [-0.2, -0.15) is 0 Å². The van der Waals surface area contributed by atoms with Crippen LogP contribution in [0.25, 0.3) is 0 Å². The van der Waals surface area contributed by atoms with Crippen LogP contribution in [0.5, 0.6) is 0 Å². The normalized spacial score (nSPS) is 14.5. The van der Waals surface area contributed by atoms with Crippen molar-refractivity contribution in [1.82, 2.24) is 20.9 Å². The molecule has 4 amide bonds. The lowest BCUT2D eigenvalue weighted by molar-refractivity contribution is -0.403. The van der Waals surface area contributed by atoms with E-state index in [-0.39, 0.29) is 24.2 Å². The SMILES string of the molecule is CC(=O)[O-].CC(=O)[O-].CC(C)C[C@@H](NC(=O)[C@@H](Cc1ccccc1)NC(=O)[C@H]([NH3+])Cc1ccccc1)C(=O)N[C@H](CCC[NH3+])C(=O)N1CCOCC1. The lowest BCUT2D eigenvalue weighted by atomic mass is 9.99.